The maximum atomic E-state index is 12.7. The number of hydrogen-bond donors (Lipinski definition) is 1. The minimum absolute atomic E-state index is 0. The fourth-order valence-corrected chi connectivity index (χ4v) is 3.43. The Morgan fingerprint density at radius 1 is 1.09 bits per heavy atom. The van der Waals surface area contributed by atoms with Gasteiger partial charge in [0.2, 0.25) is 0 Å². The van der Waals surface area contributed by atoms with Crippen molar-refractivity contribution in [2.75, 3.05) is 13.2 Å². The van der Waals surface area contributed by atoms with E-state index in [1.165, 1.54) is 0 Å². The van der Waals surface area contributed by atoms with E-state index in [9.17, 15) is 14.7 Å². The van der Waals surface area contributed by atoms with Crippen LogP contribution in [0, 0.1) is 0 Å². The van der Waals surface area contributed by atoms with Crippen molar-refractivity contribution in [3.63, 3.8) is 0 Å². The second-order valence-corrected chi connectivity index (χ2v) is 7.25. The molecule has 33 heavy (non-hydrogen) atoms. The molecule has 0 aliphatic carbocycles. The van der Waals surface area contributed by atoms with Gasteiger partial charge < -0.3 is 14.6 Å². The van der Waals surface area contributed by atoms with Crippen molar-refractivity contribution in [1.29, 1.82) is 0 Å². The number of rotatable bonds is 11. The molecule has 0 saturated heterocycles. The van der Waals surface area contributed by atoms with Crippen LogP contribution in [-0.2, 0) is 28.9 Å². The predicted octanol–water partition coefficient (Wildman–Crippen LogP) is 2.94. The molecular formula is C25H29KN2O5. The molecule has 1 N–H and O–H groups in total. The van der Waals surface area contributed by atoms with E-state index >= 15 is 0 Å². The van der Waals surface area contributed by atoms with Crippen molar-refractivity contribution >= 4 is 57.4 Å². The SMILES string of the molecule is CCOC(Cc1ccc(OCCn2c(CC)nc(-c3ccccc3)cc2=O)cc1)C(=O)O.[KH]. The first-order valence-corrected chi connectivity index (χ1v) is 10.7. The molecule has 0 saturated carbocycles. The van der Waals surface area contributed by atoms with Gasteiger partial charge in [-0.1, -0.05) is 49.4 Å². The van der Waals surface area contributed by atoms with Crippen LogP contribution in [0.15, 0.2) is 65.5 Å². The second kappa shape index (κ2) is 13.8. The van der Waals surface area contributed by atoms with Crippen LogP contribution in [0.1, 0.15) is 25.2 Å². The van der Waals surface area contributed by atoms with Crippen molar-refractivity contribution in [3.05, 3.63) is 82.4 Å². The molecule has 170 valence electrons. The summed E-state index contributed by atoms with van der Waals surface area (Å²) in [5.41, 5.74) is 2.33. The standard InChI is InChI=1S/C25H28N2O5.K.H/c1-3-23-26-21(19-8-6-5-7-9-19)17-24(28)27(23)14-15-32-20-12-10-18(11-13-20)16-22(25(29)30)31-4-2;;/h5-13,17,22H,3-4,14-16H2,1-2H3,(H,29,30);;. The summed E-state index contributed by atoms with van der Waals surface area (Å²) in [6, 6.07) is 18.4. The predicted molar refractivity (Wildman–Crippen MR) is 129 cm³/mol. The van der Waals surface area contributed by atoms with Gasteiger partial charge in [-0.3, -0.25) is 9.36 Å². The van der Waals surface area contributed by atoms with E-state index in [4.69, 9.17) is 9.47 Å². The molecule has 8 heteroatoms. The van der Waals surface area contributed by atoms with E-state index in [1.807, 2.05) is 49.4 Å². The van der Waals surface area contributed by atoms with E-state index in [0.717, 1.165) is 11.1 Å². The molecule has 0 fully saturated rings. The van der Waals surface area contributed by atoms with Crippen molar-refractivity contribution in [1.82, 2.24) is 9.55 Å². The van der Waals surface area contributed by atoms with Crippen LogP contribution >= 0.6 is 0 Å². The van der Waals surface area contributed by atoms with Crippen LogP contribution in [0.5, 0.6) is 5.75 Å². The van der Waals surface area contributed by atoms with Crippen LogP contribution in [0.3, 0.4) is 0 Å². The maximum absolute atomic E-state index is 12.7. The summed E-state index contributed by atoms with van der Waals surface area (Å²) in [6.45, 7) is 4.79. The number of benzene rings is 2. The first-order valence-electron chi connectivity index (χ1n) is 10.7. The molecule has 0 aliphatic heterocycles. The van der Waals surface area contributed by atoms with Crippen LogP contribution in [0.2, 0.25) is 0 Å². The summed E-state index contributed by atoms with van der Waals surface area (Å²) >= 11 is 0. The number of hydrogen-bond acceptors (Lipinski definition) is 5. The summed E-state index contributed by atoms with van der Waals surface area (Å²) in [4.78, 5) is 28.6. The molecule has 1 atom stereocenters. The van der Waals surface area contributed by atoms with Gasteiger partial charge in [0.25, 0.3) is 5.56 Å². The van der Waals surface area contributed by atoms with E-state index in [0.29, 0.717) is 43.4 Å². The number of aromatic nitrogens is 2. The van der Waals surface area contributed by atoms with Crippen LogP contribution < -0.4 is 10.3 Å². The third-order valence-electron chi connectivity index (χ3n) is 5.04. The minimum atomic E-state index is -0.976. The zero-order chi connectivity index (χ0) is 22.9. The Labute approximate surface area is 236 Å². The number of carboxylic acid groups (broad SMARTS) is 1. The Morgan fingerprint density at radius 2 is 1.79 bits per heavy atom. The van der Waals surface area contributed by atoms with Gasteiger partial charge in [0.15, 0.2) is 6.10 Å². The molecule has 3 aromatic rings. The van der Waals surface area contributed by atoms with Crippen LogP contribution in [0.4, 0.5) is 0 Å². The summed E-state index contributed by atoms with van der Waals surface area (Å²) in [5.74, 6) is 0.388. The summed E-state index contributed by atoms with van der Waals surface area (Å²) in [7, 11) is 0. The van der Waals surface area contributed by atoms with Gasteiger partial charge in [-0.05, 0) is 24.6 Å². The Bertz CT molecular complexity index is 1080. The topological polar surface area (TPSA) is 90.7 Å². The van der Waals surface area contributed by atoms with Gasteiger partial charge in [0.05, 0.1) is 12.2 Å². The molecule has 7 nitrogen and oxygen atoms in total. The Morgan fingerprint density at radius 3 is 2.39 bits per heavy atom. The van der Waals surface area contributed by atoms with Gasteiger partial charge in [0, 0.05) is 31.1 Å². The molecule has 1 aromatic heterocycles. The molecule has 0 spiro atoms. The first-order chi connectivity index (χ1) is 15.5. The molecular weight excluding hydrogens is 447 g/mol. The first kappa shape index (κ1) is 27.4. The number of aryl methyl sites for hydroxylation is 1. The van der Waals surface area contributed by atoms with Crippen molar-refractivity contribution in [2.24, 2.45) is 0 Å². The fraction of sp³-hybridized carbons (Fsp3) is 0.320. The molecule has 0 radical (unpaired) electrons. The van der Waals surface area contributed by atoms with Gasteiger partial charge >= 0.3 is 57.4 Å². The molecule has 2 aromatic carbocycles. The normalized spacial score (nSPS) is 11.5. The van der Waals surface area contributed by atoms with Gasteiger partial charge in [-0.15, -0.1) is 0 Å². The quantitative estimate of drug-likeness (QED) is 0.428. The number of carbonyl (C=O) groups is 1. The zero-order valence-corrected chi connectivity index (χ0v) is 18.4. The summed E-state index contributed by atoms with van der Waals surface area (Å²) < 4.78 is 12.7. The Hall–Kier alpha value is -1.81. The van der Waals surface area contributed by atoms with Crippen molar-refractivity contribution in [3.8, 4) is 17.0 Å². The number of nitrogens with zero attached hydrogens (tertiary/aromatic N) is 2. The average molecular weight is 477 g/mol. The van der Waals surface area contributed by atoms with Crippen LogP contribution in [-0.4, -0.2) is 91.3 Å². The third-order valence-corrected chi connectivity index (χ3v) is 5.04. The van der Waals surface area contributed by atoms with E-state index < -0.39 is 12.1 Å². The number of ether oxygens (including phenoxy) is 2. The Kier molecular flexibility index (Phi) is 11.5. The molecule has 1 unspecified atom stereocenters. The fourth-order valence-electron chi connectivity index (χ4n) is 3.43. The average Bonchev–Trinajstić information content (AvgIpc) is 2.81. The summed E-state index contributed by atoms with van der Waals surface area (Å²) in [6.07, 6.45) is 0.0605. The number of aliphatic carboxylic acids is 1. The molecule has 1 heterocycles. The van der Waals surface area contributed by atoms with Gasteiger partial charge in [-0.25, -0.2) is 9.78 Å². The van der Waals surface area contributed by atoms with E-state index in [-0.39, 0.29) is 63.4 Å². The van der Waals surface area contributed by atoms with Crippen molar-refractivity contribution in [2.45, 2.75) is 39.3 Å². The molecule has 0 amide bonds. The summed E-state index contributed by atoms with van der Waals surface area (Å²) in [5, 5.41) is 9.21. The molecule has 0 bridgehead atoms. The van der Waals surface area contributed by atoms with Gasteiger partial charge in [0.1, 0.15) is 18.2 Å². The Balaban J connectivity index is 0.00000385. The zero-order valence-electron chi connectivity index (χ0n) is 18.4. The third kappa shape index (κ3) is 7.87. The molecule has 3 rings (SSSR count). The van der Waals surface area contributed by atoms with Gasteiger partial charge in [-0.2, -0.15) is 0 Å². The van der Waals surface area contributed by atoms with E-state index in [2.05, 4.69) is 4.98 Å². The van der Waals surface area contributed by atoms with Crippen molar-refractivity contribution < 1.29 is 19.4 Å². The van der Waals surface area contributed by atoms with Crippen LogP contribution in [0.25, 0.3) is 11.3 Å². The second-order valence-electron chi connectivity index (χ2n) is 7.25. The van der Waals surface area contributed by atoms with E-state index in [1.54, 1.807) is 29.7 Å². The monoisotopic (exact) mass is 476 g/mol. The molecule has 0 aliphatic rings. The number of carboxylic acids is 1.